The Morgan fingerprint density at radius 2 is 1.73 bits per heavy atom. The second kappa shape index (κ2) is 2.48. The van der Waals surface area contributed by atoms with Crippen molar-refractivity contribution in [3.8, 4) is 0 Å². The minimum absolute atomic E-state index is 0.0875. The van der Waals surface area contributed by atoms with E-state index >= 15 is 0 Å². The zero-order valence-corrected chi connectivity index (χ0v) is 8.15. The fraction of sp³-hybridized carbons (Fsp3) is 1.00. The van der Waals surface area contributed by atoms with Gasteiger partial charge >= 0.3 is 0 Å². The third-order valence-corrected chi connectivity index (χ3v) is 2.93. The van der Waals surface area contributed by atoms with Crippen LogP contribution in [-0.4, -0.2) is 11.2 Å². The second-order valence-corrected chi connectivity index (χ2v) is 5.38. The molecule has 0 aromatic rings. The van der Waals surface area contributed by atoms with E-state index in [9.17, 15) is 5.11 Å². The van der Waals surface area contributed by atoms with Crippen LogP contribution in [0.15, 0.2) is 0 Å². The van der Waals surface area contributed by atoms with Crippen LogP contribution < -0.4 is 0 Å². The summed E-state index contributed by atoms with van der Waals surface area (Å²) >= 11 is 0. The van der Waals surface area contributed by atoms with Gasteiger partial charge in [0.25, 0.3) is 0 Å². The molecular formula is C10H20O. The van der Waals surface area contributed by atoms with Gasteiger partial charge in [-0.2, -0.15) is 0 Å². The number of rotatable bonds is 0. The molecule has 1 saturated carbocycles. The molecule has 1 aliphatic carbocycles. The maximum atomic E-state index is 9.67. The molecule has 1 heteroatoms. The average molecular weight is 156 g/mol. The SMILES string of the molecule is CC1(C)CCC(O)C(C)(C)C1. The summed E-state index contributed by atoms with van der Waals surface area (Å²) in [6.07, 6.45) is 3.19. The van der Waals surface area contributed by atoms with Gasteiger partial charge in [0.05, 0.1) is 6.10 Å². The van der Waals surface area contributed by atoms with Crippen LogP contribution in [0.3, 0.4) is 0 Å². The average Bonchev–Trinajstić information content (AvgIpc) is 1.77. The summed E-state index contributed by atoms with van der Waals surface area (Å²) in [5.41, 5.74) is 0.560. The van der Waals surface area contributed by atoms with E-state index < -0.39 is 0 Å². The Labute approximate surface area is 69.8 Å². The molecule has 11 heavy (non-hydrogen) atoms. The van der Waals surface area contributed by atoms with Crippen LogP contribution in [0.25, 0.3) is 0 Å². The van der Waals surface area contributed by atoms with E-state index in [0.29, 0.717) is 5.41 Å². The summed E-state index contributed by atoms with van der Waals surface area (Å²) in [6.45, 7) is 8.92. The Bertz CT molecular complexity index is 147. The van der Waals surface area contributed by atoms with Gasteiger partial charge in [-0.15, -0.1) is 0 Å². The van der Waals surface area contributed by atoms with E-state index in [4.69, 9.17) is 0 Å². The molecule has 1 fully saturated rings. The van der Waals surface area contributed by atoms with Gasteiger partial charge in [-0.05, 0) is 30.1 Å². The zero-order chi connectivity index (χ0) is 8.70. The molecule has 0 amide bonds. The number of hydrogen-bond donors (Lipinski definition) is 1. The molecule has 0 saturated heterocycles. The van der Waals surface area contributed by atoms with Gasteiger partial charge in [0, 0.05) is 0 Å². The highest BCUT2D eigenvalue weighted by Gasteiger charge is 2.39. The van der Waals surface area contributed by atoms with Crippen LogP contribution in [0.2, 0.25) is 0 Å². The molecule has 0 aromatic carbocycles. The second-order valence-electron chi connectivity index (χ2n) is 5.38. The Hall–Kier alpha value is -0.0400. The molecule has 1 atom stereocenters. The maximum absolute atomic E-state index is 9.67. The molecule has 1 rings (SSSR count). The first-order chi connectivity index (χ1) is 4.83. The van der Waals surface area contributed by atoms with Gasteiger partial charge in [0.1, 0.15) is 0 Å². The minimum atomic E-state index is -0.0875. The van der Waals surface area contributed by atoms with Crippen LogP contribution in [0.5, 0.6) is 0 Å². The lowest BCUT2D eigenvalue weighted by atomic mass is 9.64. The minimum Gasteiger partial charge on any atom is -0.393 e. The topological polar surface area (TPSA) is 20.2 Å². The van der Waals surface area contributed by atoms with Crippen molar-refractivity contribution in [1.82, 2.24) is 0 Å². The van der Waals surface area contributed by atoms with E-state index in [1.165, 1.54) is 0 Å². The van der Waals surface area contributed by atoms with Crippen LogP contribution in [0, 0.1) is 10.8 Å². The number of aliphatic hydroxyl groups is 1. The lowest BCUT2D eigenvalue weighted by Gasteiger charge is -2.44. The Morgan fingerprint density at radius 1 is 1.18 bits per heavy atom. The summed E-state index contributed by atoms with van der Waals surface area (Å²) in [5.74, 6) is 0. The van der Waals surface area contributed by atoms with Gasteiger partial charge in [-0.1, -0.05) is 27.7 Å². The summed E-state index contributed by atoms with van der Waals surface area (Å²) < 4.78 is 0. The monoisotopic (exact) mass is 156 g/mol. The van der Waals surface area contributed by atoms with Crippen molar-refractivity contribution in [1.29, 1.82) is 0 Å². The van der Waals surface area contributed by atoms with E-state index in [2.05, 4.69) is 27.7 Å². The van der Waals surface area contributed by atoms with Crippen molar-refractivity contribution in [3.63, 3.8) is 0 Å². The highest BCUT2D eigenvalue weighted by atomic mass is 16.3. The third kappa shape index (κ3) is 1.96. The Balaban J connectivity index is 2.67. The number of hydrogen-bond acceptors (Lipinski definition) is 1. The molecule has 0 spiro atoms. The van der Waals surface area contributed by atoms with E-state index in [-0.39, 0.29) is 11.5 Å². The standard InChI is InChI=1S/C10H20O/c1-9(2)6-5-8(11)10(3,4)7-9/h8,11H,5-7H2,1-4H3. The van der Waals surface area contributed by atoms with Gasteiger partial charge in [0.2, 0.25) is 0 Å². The molecule has 0 aliphatic heterocycles. The van der Waals surface area contributed by atoms with Crippen molar-refractivity contribution in [2.45, 2.75) is 53.1 Å². The van der Waals surface area contributed by atoms with Crippen molar-refractivity contribution < 1.29 is 5.11 Å². The lowest BCUT2D eigenvalue weighted by Crippen LogP contribution is -2.39. The van der Waals surface area contributed by atoms with E-state index in [1.54, 1.807) is 0 Å². The van der Waals surface area contributed by atoms with Crippen LogP contribution in [0.4, 0.5) is 0 Å². The van der Waals surface area contributed by atoms with Gasteiger partial charge < -0.3 is 5.11 Å². The van der Waals surface area contributed by atoms with Gasteiger partial charge in [-0.25, -0.2) is 0 Å². The Morgan fingerprint density at radius 3 is 2.09 bits per heavy atom. The molecule has 1 unspecified atom stereocenters. The largest absolute Gasteiger partial charge is 0.393 e. The molecular weight excluding hydrogens is 136 g/mol. The van der Waals surface area contributed by atoms with Gasteiger partial charge in [0.15, 0.2) is 0 Å². The molecule has 0 bridgehead atoms. The predicted octanol–water partition coefficient (Wildman–Crippen LogP) is 2.58. The summed E-state index contributed by atoms with van der Waals surface area (Å²) in [7, 11) is 0. The fourth-order valence-electron chi connectivity index (χ4n) is 2.36. The van der Waals surface area contributed by atoms with Gasteiger partial charge in [-0.3, -0.25) is 0 Å². The van der Waals surface area contributed by atoms with E-state index in [1.807, 2.05) is 0 Å². The normalized spacial score (nSPS) is 35.2. The third-order valence-electron chi connectivity index (χ3n) is 2.93. The molecule has 1 aliphatic rings. The summed E-state index contributed by atoms with van der Waals surface area (Å²) in [4.78, 5) is 0. The molecule has 1 nitrogen and oxygen atoms in total. The van der Waals surface area contributed by atoms with Crippen molar-refractivity contribution in [3.05, 3.63) is 0 Å². The lowest BCUT2D eigenvalue weighted by molar-refractivity contribution is -0.0313. The van der Waals surface area contributed by atoms with Crippen molar-refractivity contribution in [2.75, 3.05) is 0 Å². The highest BCUT2D eigenvalue weighted by molar-refractivity contribution is 4.90. The highest BCUT2D eigenvalue weighted by Crippen LogP contribution is 2.45. The Kier molecular flexibility index (Phi) is 2.04. The molecule has 0 heterocycles. The van der Waals surface area contributed by atoms with Crippen LogP contribution in [-0.2, 0) is 0 Å². The van der Waals surface area contributed by atoms with Crippen LogP contribution >= 0.6 is 0 Å². The first-order valence-electron chi connectivity index (χ1n) is 4.52. The number of aliphatic hydroxyl groups excluding tert-OH is 1. The molecule has 1 N–H and O–H groups in total. The quantitative estimate of drug-likeness (QED) is 0.571. The molecule has 0 radical (unpaired) electrons. The van der Waals surface area contributed by atoms with E-state index in [0.717, 1.165) is 19.3 Å². The molecule has 66 valence electrons. The summed E-state index contributed by atoms with van der Waals surface area (Å²) in [6, 6.07) is 0. The zero-order valence-electron chi connectivity index (χ0n) is 8.15. The fourth-order valence-corrected chi connectivity index (χ4v) is 2.36. The first kappa shape index (κ1) is 9.05. The predicted molar refractivity (Wildman–Crippen MR) is 47.4 cm³/mol. The first-order valence-corrected chi connectivity index (χ1v) is 4.52. The van der Waals surface area contributed by atoms with Crippen molar-refractivity contribution >= 4 is 0 Å². The molecule has 0 aromatic heterocycles. The smallest absolute Gasteiger partial charge is 0.0591 e. The van der Waals surface area contributed by atoms with Crippen LogP contribution in [0.1, 0.15) is 47.0 Å². The summed E-state index contributed by atoms with van der Waals surface area (Å²) in [5, 5.41) is 9.67. The maximum Gasteiger partial charge on any atom is 0.0591 e. The van der Waals surface area contributed by atoms with Crippen molar-refractivity contribution in [2.24, 2.45) is 10.8 Å².